The van der Waals surface area contributed by atoms with E-state index in [0.29, 0.717) is 5.25 Å². The first-order chi connectivity index (χ1) is 7.58. The van der Waals surface area contributed by atoms with Crippen LogP contribution in [0.5, 0.6) is 0 Å². The summed E-state index contributed by atoms with van der Waals surface area (Å²) in [4.78, 5) is 19.0. The minimum absolute atomic E-state index is 0.0229. The monoisotopic (exact) mass is 240 g/mol. The first-order valence-corrected chi connectivity index (χ1v) is 6.83. The molecule has 1 rings (SSSR count). The van der Waals surface area contributed by atoms with Gasteiger partial charge in [0.05, 0.1) is 5.75 Å². The molecule has 90 valence electrons. The molecule has 1 heterocycles. The molecule has 1 N–H and O–H groups in total. The second-order valence-corrected chi connectivity index (χ2v) is 5.39. The fraction of sp³-hybridized carbons (Fsp3) is 0.667. The molecule has 1 unspecified atom stereocenters. The average Bonchev–Trinajstić information content (AvgIpc) is 2.25. The number of H-pyrrole nitrogens is 1. The van der Waals surface area contributed by atoms with Crippen molar-refractivity contribution in [1.29, 1.82) is 0 Å². The van der Waals surface area contributed by atoms with Gasteiger partial charge in [-0.3, -0.25) is 4.79 Å². The molecular weight excluding hydrogens is 220 g/mol. The Morgan fingerprint density at radius 3 is 2.62 bits per heavy atom. The topological polar surface area (TPSA) is 45.8 Å². The Labute approximate surface area is 101 Å². The summed E-state index contributed by atoms with van der Waals surface area (Å²) in [6.45, 7) is 8.24. The predicted molar refractivity (Wildman–Crippen MR) is 70.0 cm³/mol. The maximum absolute atomic E-state index is 11.7. The second kappa shape index (κ2) is 6.09. The number of hydrogen-bond donors (Lipinski definition) is 1. The summed E-state index contributed by atoms with van der Waals surface area (Å²) in [5.74, 6) is 1.58. The van der Waals surface area contributed by atoms with Crippen LogP contribution in [0.1, 0.15) is 44.3 Å². The lowest BCUT2D eigenvalue weighted by Crippen LogP contribution is -2.18. The van der Waals surface area contributed by atoms with Gasteiger partial charge >= 0.3 is 0 Å². The van der Waals surface area contributed by atoms with E-state index in [2.05, 4.69) is 23.8 Å². The van der Waals surface area contributed by atoms with Crippen LogP contribution < -0.4 is 5.56 Å². The zero-order chi connectivity index (χ0) is 12.1. The first kappa shape index (κ1) is 13.3. The van der Waals surface area contributed by atoms with Gasteiger partial charge < -0.3 is 4.98 Å². The summed E-state index contributed by atoms with van der Waals surface area (Å²) in [5.41, 5.74) is 1.69. The molecule has 0 saturated heterocycles. The smallest absolute Gasteiger partial charge is 0.254 e. The largest absolute Gasteiger partial charge is 0.310 e. The van der Waals surface area contributed by atoms with E-state index in [1.165, 1.54) is 0 Å². The zero-order valence-corrected chi connectivity index (χ0v) is 11.3. The molecule has 0 spiro atoms. The van der Waals surface area contributed by atoms with E-state index in [1.807, 2.05) is 25.6 Å². The highest BCUT2D eigenvalue weighted by atomic mass is 32.2. The molecular formula is C12H20N2OS. The molecule has 0 radical (unpaired) electrons. The average molecular weight is 240 g/mol. The van der Waals surface area contributed by atoms with Gasteiger partial charge in [-0.1, -0.05) is 20.8 Å². The van der Waals surface area contributed by atoms with Crippen molar-refractivity contribution >= 4 is 11.8 Å². The third kappa shape index (κ3) is 3.37. The highest BCUT2D eigenvalue weighted by Gasteiger charge is 2.07. The lowest BCUT2D eigenvalue weighted by atomic mass is 10.2. The van der Waals surface area contributed by atoms with Crippen molar-refractivity contribution in [2.45, 2.75) is 51.5 Å². The quantitative estimate of drug-likeness (QED) is 0.860. The van der Waals surface area contributed by atoms with E-state index in [9.17, 15) is 4.79 Å². The van der Waals surface area contributed by atoms with Gasteiger partial charge in [0.25, 0.3) is 5.56 Å². The number of aromatic amines is 1. The Hall–Kier alpha value is -0.770. The first-order valence-electron chi connectivity index (χ1n) is 5.78. The summed E-state index contributed by atoms with van der Waals surface area (Å²) >= 11 is 1.83. The van der Waals surface area contributed by atoms with Gasteiger partial charge in [-0.2, -0.15) is 11.8 Å². The van der Waals surface area contributed by atoms with E-state index in [1.54, 1.807) is 0 Å². The van der Waals surface area contributed by atoms with Crippen molar-refractivity contribution in [3.8, 4) is 0 Å². The molecule has 4 heteroatoms. The Morgan fingerprint density at radius 1 is 1.44 bits per heavy atom. The molecule has 0 aliphatic rings. The van der Waals surface area contributed by atoms with Gasteiger partial charge in [0.1, 0.15) is 5.82 Å². The van der Waals surface area contributed by atoms with Gasteiger partial charge in [-0.05, 0) is 19.8 Å². The Kier molecular flexibility index (Phi) is 5.06. The van der Waals surface area contributed by atoms with Crippen LogP contribution >= 0.6 is 11.8 Å². The number of nitrogens with one attached hydrogen (secondary N) is 1. The number of nitrogens with zero attached hydrogens (tertiary/aromatic N) is 1. The number of rotatable bonds is 5. The van der Waals surface area contributed by atoms with Crippen LogP contribution in [-0.4, -0.2) is 15.2 Å². The van der Waals surface area contributed by atoms with E-state index < -0.39 is 0 Å². The van der Waals surface area contributed by atoms with Crippen LogP contribution in [0.2, 0.25) is 0 Å². The molecule has 1 aromatic rings. The summed E-state index contributed by atoms with van der Waals surface area (Å²) in [6.07, 6.45) is 1.88. The lowest BCUT2D eigenvalue weighted by molar-refractivity contribution is 0.886. The lowest BCUT2D eigenvalue weighted by Gasteiger charge is -2.09. The van der Waals surface area contributed by atoms with Crippen LogP contribution in [0.3, 0.4) is 0 Å². The number of hydrogen-bond acceptors (Lipinski definition) is 3. The van der Waals surface area contributed by atoms with Crippen molar-refractivity contribution in [3.63, 3.8) is 0 Å². The highest BCUT2D eigenvalue weighted by molar-refractivity contribution is 7.99. The van der Waals surface area contributed by atoms with E-state index in [-0.39, 0.29) is 5.56 Å². The minimum atomic E-state index is 0.0229. The molecule has 0 saturated carbocycles. The molecule has 0 fully saturated rings. The molecule has 3 nitrogen and oxygen atoms in total. The SMILES string of the molecule is CCc1c(C)nc(CSC(C)CC)[nH]c1=O. The van der Waals surface area contributed by atoms with Gasteiger partial charge in [-0.15, -0.1) is 0 Å². The third-order valence-electron chi connectivity index (χ3n) is 2.70. The number of aryl methyl sites for hydroxylation is 1. The van der Waals surface area contributed by atoms with E-state index in [0.717, 1.165) is 35.7 Å². The molecule has 0 aliphatic carbocycles. The summed E-state index contributed by atoms with van der Waals surface area (Å²) in [7, 11) is 0. The van der Waals surface area contributed by atoms with Gasteiger partial charge in [0.15, 0.2) is 0 Å². The van der Waals surface area contributed by atoms with Gasteiger partial charge in [-0.25, -0.2) is 4.98 Å². The van der Waals surface area contributed by atoms with E-state index >= 15 is 0 Å². The predicted octanol–water partition coefficient (Wildman–Crippen LogP) is 2.67. The van der Waals surface area contributed by atoms with Crippen molar-refractivity contribution in [1.82, 2.24) is 9.97 Å². The Balaban J connectivity index is 2.80. The van der Waals surface area contributed by atoms with Gasteiger partial charge in [0, 0.05) is 16.5 Å². The fourth-order valence-electron chi connectivity index (χ4n) is 1.49. The van der Waals surface area contributed by atoms with Crippen molar-refractivity contribution in [3.05, 3.63) is 27.4 Å². The van der Waals surface area contributed by atoms with Crippen LogP contribution in [0, 0.1) is 6.92 Å². The van der Waals surface area contributed by atoms with Gasteiger partial charge in [0.2, 0.25) is 0 Å². The molecule has 16 heavy (non-hydrogen) atoms. The summed E-state index contributed by atoms with van der Waals surface area (Å²) in [5, 5.41) is 0.608. The van der Waals surface area contributed by atoms with Crippen LogP contribution in [0.25, 0.3) is 0 Å². The standard InChI is InChI=1S/C12H20N2OS/c1-5-8(3)16-7-11-13-9(4)10(6-2)12(15)14-11/h8H,5-7H2,1-4H3,(H,13,14,15). The molecule has 0 aromatic carbocycles. The fourth-order valence-corrected chi connectivity index (χ4v) is 2.31. The van der Waals surface area contributed by atoms with Crippen molar-refractivity contribution < 1.29 is 0 Å². The van der Waals surface area contributed by atoms with E-state index in [4.69, 9.17) is 0 Å². The minimum Gasteiger partial charge on any atom is -0.310 e. The van der Waals surface area contributed by atoms with Crippen LogP contribution in [-0.2, 0) is 12.2 Å². The summed E-state index contributed by atoms with van der Waals surface area (Å²) in [6, 6.07) is 0. The number of thioether (sulfide) groups is 1. The molecule has 1 atom stereocenters. The zero-order valence-electron chi connectivity index (χ0n) is 10.5. The maximum Gasteiger partial charge on any atom is 0.254 e. The molecule has 0 amide bonds. The van der Waals surface area contributed by atoms with Crippen LogP contribution in [0.15, 0.2) is 4.79 Å². The molecule has 0 aliphatic heterocycles. The Morgan fingerprint density at radius 2 is 2.12 bits per heavy atom. The second-order valence-electron chi connectivity index (χ2n) is 3.96. The summed E-state index contributed by atoms with van der Waals surface area (Å²) < 4.78 is 0. The molecule has 1 aromatic heterocycles. The van der Waals surface area contributed by atoms with Crippen molar-refractivity contribution in [2.24, 2.45) is 0 Å². The van der Waals surface area contributed by atoms with Crippen molar-refractivity contribution in [2.75, 3.05) is 0 Å². The molecule has 0 bridgehead atoms. The number of aromatic nitrogens is 2. The third-order valence-corrected chi connectivity index (χ3v) is 4.05. The normalized spacial score (nSPS) is 12.8. The van der Waals surface area contributed by atoms with Crippen LogP contribution in [0.4, 0.5) is 0 Å². The Bertz CT molecular complexity index is 400. The highest BCUT2D eigenvalue weighted by Crippen LogP contribution is 2.17. The maximum atomic E-state index is 11.7.